The normalized spacial score (nSPS) is 16.8. The predicted octanol–water partition coefficient (Wildman–Crippen LogP) is 2.30. The van der Waals surface area contributed by atoms with Crippen LogP contribution in [-0.4, -0.2) is 36.3 Å². The standard InChI is InChI=1S/C16H22N2O4/c1-2-3-4-5-10-21-13-8-6-12(7-9-13)16-17-14(11-22-16)15(19)18-20/h6-9,14,20H,2-5,10-11H2,1H3,(H,18,19). The molecule has 0 radical (unpaired) electrons. The number of carbonyl (C=O) groups excluding carboxylic acids is 1. The fourth-order valence-electron chi connectivity index (χ4n) is 2.15. The summed E-state index contributed by atoms with van der Waals surface area (Å²) in [7, 11) is 0. The van der Waals surface area contributed by atoms with Crippen molar-refractivity contribution >= 4 is 11.8 Å². The van der Waals surface area contributed by atoms with Crippen molar-refractivity contribution in [2.75, 3.05) is 13.2 Å². The van der Waals surface area contributed by atoms with Crippen LogP contribution in [-0.2, 0) is 9.53 Å². The Labute approximate surface area is 130 Å². The van der Waals surface area contributed by atoms with Gasteiger partial charge in [-0.1, -0.05) is 26.2 Å². The molecule has 1 unspecified atom stereocenters. The highest BCUT2D eigenvalue weighted by molar-refractivity contribution is 5.98. The van der Waals surface area contributed by atoms with Crippen LogP contribution in [0.25, 0.3) is 0 Å². The third-order valence-electron chi connectivity index (χ3n) is 3.43. The van der Waals surface area contributed by atoms with Crippen molar-refractivity contribution in [3.05, 3.63) is 29.8 Å². The molecular formula is C16H22N2O4. The minimum atomic E-state index is -0.700. The third kappa shape index (κ3) is 4.46. The molecule has 1 amide bonds. The number of nitrogens with one attached hydrogen (secondary N) is 1. The van der Waals surface area contributed by atoms with Crippen molar-refractivity contribution in [2.45, 2.75) is 38.6 Å². The van der Waals surface area contributed by atoms with Gasteiger partial charge >= 0.3 is 0 Å². The third-order valence-corrected chi connectivity index (χ3v) is 3.43. The molecule has 1 atom stereocenters. The molecule has 0 fully saturated rings. The largest absolute Gasteiger partial charge is 0.494 e. The first-order valence-corrected chi connectivity index (χ1v) is 7.62. The molecule has 0 spiro atoms. The van der Waals surface area contributed by atoms with Gasteiger partial charge in [-0.3, -0.25) is 10.0 Å². The van der Waals surface area contributed by atoms with E-state index in [2.05, 4.69) is 11.9 Å². The van der Waals surface area contributed by atoms with Crippen molar-refractivity contribution in [2.24, 2.45) is 4.99 Å². The highest BCUT2D eigenvalue weighted by atomic mass is 16.5. The Balaban J connectivity index is 1.85. The number of hydroxylamine groups is 1. The van der Waals surface area contributed by atoms with Crippen molar-refractivity contribution in [3.63, 3.8) is 0 Å². The predicted molar refractivity (Wildman–Crippen MR) is 82.3 cm³/mol. The molecule has 0 bridgehead atoms. The number of ether oxygens (including phenoxy) is 2. The molecular weight excluding hydrogens is 284 g/mol. The molecule has 1 aromatic carbocycles. The van der Waals surface area contributed by atoms with E-state index in [1.807, 2.05) is 24.3 Å². The number of nitrogens with zero attached hydrogens (tertiary/aromatic N) is 1. The number of hydrogen-bond acceptors (Lipinski definition) is 5. The molecule has 0 aromatic heterocycles. The molecule has 1 aromatic rings. The van der Waals surface area contributed by atoms with Gasteiger partial charge in [-0.05, 0) is 30.7 Å². The van der Waals surface area contributed by atoms with Crippen molar-refractivity contribution in [1.29, 1.82) is 0 Å². The van der Waals surface area contributed by atoms with Gasteiger partial charge in [0, 0.05) is 5.56 Å². The first-order valence-electron chi connectivity index (χ1n) is 7.62. The average Bonchev–Trinajstić information content (AvgIpc) is 3.04. The maximum Gasteiger partial charge on any atom is 0.271 e. The zero-order valence-corrected chi connectivity index (χ0v) is 12.7. The number of benzene rings is 1. The summed E-state index contributed by atoms with van der Waals surface area (Å²) in [6.07, 6.45) is 4.70. The van der Waals surface area contributed by atoms with Gasteiger partial charge in [-0.25, -0.2) is 10.5 Å². The molecule has 0 saturated carbocycles. The molecule has 120 valence electrons. The fourth-order valence-corrected chi connectivity index (χ4v) is 2.15. The summed E-state index contributed by atoms with van der Waals surface area (Å²) >= 11 is 0. The summed E-state index contributed by atoms with van der Waals surface area (Å²) < 4.78 is 11.0. The van der Waals surface area contributed by atoms with Gasteiger partial charge in [-0.15, -0.1) is 0 Å². The molecule has 1 heterocycles. The lowest BCUT2D eigenvalue weighted by atomic mass is 10.2. The molecule has 6 nitrogen and oxygen atoms in total. The lowest BCUT2D eigenvalue weighted by Crippen LogP contribution is -2.31. The zero-order chi connectivity index (χ0) is 15.8. The molecule has 2 N–H and O–H groups in total. The highest BCUT2D eigenvalue weighted by Gasteiger charge is 2.26. The summed E-state index contributed by atoms with van der Waals surface area (Å²) in [6, 6.07) is 6.72. The summed E-state index contributed by atoms with van der Waals surface area (Å²) in [5.74, 6) is 0.647. The second-order valence-corrected chi connectivity index (χ2v) is 5.17. The van der Waals surface area contributed by atoms with Crippen LogP contribution < -0.4 is 10.2 Å². The smallest absolute Gasteiger partial charge is 0.271 e. The lowest BCUT2D eigenvalue weighted by molar-refractivity contribution is -0.130. The average molecular weight is 306 g/mol. The van der Waals surface area contributed by atoms with Gasteiger partial charge in [-0.2, -0.15) is 0 Å². The molecule has 2 rings (SSSR count). The van der Waals surface area contributed by atoms with Gasteiger partial charge in [0.1, 0.15) is 12.4 Å². The van der Waals surface area contributed by atoms with Gasteiger partial charge in [0.05, 0.1) is 6.61 Å². The maximum atomic E-state index is 11.3. The minimum absolute atomic E-state index is 0.136. The monoisotopic (exact) mass is 306 g/mol. The first-order chi connectivity index (χ1) is 10.7. The second kappa shape index (κ2) is 8.38. The SMILES string of the molecule is CCCCCCOc1ccc(C2=NC(C(=O)NO)CO2)cc1. The van der Waals surface area contributed by atoms with E-state index >= 15 is 0 Å². The van der Waals surface area contributed by atoms with Crippen LogP contribution in [0.2, 0.25) is 0 Å². The van der Waals surface area contributed by atoms with Crippen LogP contribution in [0.3, 0.4) is 0 Å². The van der Waals surface area contributed by atoms with Gasteiger partial charge < -0.3 is 9.47 Å². The van der Waals surface area contributed by atoms with E-state index in [9.17, 15) is 4.79 Å². The number of unbranched alkanes of at least 4 members (excludes halogenated alkanes) is 3. The second-order valence-electron chi connectivity index (χ2n) is 5.17. The van der Waals surface area contributed by atoms with E-state index in [4.69, 9.17) is 14.7 Å². The number of aliphatic imine (C=N–C) groups is 1. The molecule has 1 aliphatic heterocycles. The van der Waals surface area contributed by atoms with Crippen LogP contribution in [0.15, 0.2) is 29.3 Å². The Hall–Kier alpha value is -2.08. The summed E-state index contributed by atoms with van der Waals surface area (Å²) in [6.45, 7) is 3.04. The van der Waals surface area contributed by atoms with Crippen LogP contribution in [0.1, 0.15) is 38.2 Å². The minimum Gasteiger partial charge on any atom is -0.494 e. The topological polar surface area (TPSA) is 80.2 Å². The van der Waals surface area contributed by atoms with Gasteiger partial charge in [0.15, 0.2) is 6.04 Å². The summed E-state index contributed by atoms with van der Waals surface area (Å²) in [4.78, 5) is 15.4. The Kier molecular flexibility index (Phi) is 6.21. The quantitative estimate of drug-likeness (QED) is 0.439. The van der Waals surface area contributed by atoms with E-state index in [1.165, 1.54) is 19.3 Å². The molecule has 0 aliphatic carbocycles. The molecule has 6 heteroatoms. The molecule has 0 saturated heterocycles. The van der Waals surface area contributed by atoms with Crippen molar-refractivity contribution in [1.82, 2.24) is 5.48 Å². The van der Waals surface area contributed by atoms with E-state index in [-0.39, 0.29) is 6.61 Å². The van der Waals surface area contributed by atoms with Crippen LogP contribution >= 0.6 is 0 Å². The number of carbonyl (C=O) groups is 1. The number of amides is 1. The first kappa shape index (κ1) is 16.3. The molecule has 1 aliphatic rings. The van der Waals surface area contributed by atoms with Crippen LogP contribution in [0, 0.1) is 0 Å². The van der Waals surface area contributed by atoms with Crippen LogP contribution in [0.5, 0.6) is 5.75 Å². The Bertz CT molecular complexity index is 513. The van der Waals surface area contributed by atoms with E-state index < -0.39 is 11.9 Å². The Morgan fingerprint density at radius 1 is 1.36 bits per heavy atom. The van der Waals surface area contributed by atoms with Crippen molar-refractivity contribution in [3.8, 4) is 5.75 Å². The Morgan fingerprint density at radius 2 is 2.14 bits per heavy atom. The van der Waals surface area contributed by atoms with E-state index in [1.54, 1.807) is 5.48 Å². The van der Waals surface area contributed by atoms with Crippen LogP contribution in [0.4, 0.5) is 0 Å². The summed E-state index contributed by atoms with van der Waals surface area (Å²) in [5, 5.41) is 8.58. The lowest BCUT2D eigenvalue weighted by Gasteiger charge is -2.07. The zero-order valence-electron chi connectivity index (χ0n) is 12.7. The van der Waals surface area contributed by atoms with Crippen molar-refractivity contribution < 1.29 is 19.5 Å². The van der Waals surface area contributed by atoms with Gasteiger partial charge in [0.2, 0.25) is 5.90 Å². The fraction of sp³-hybridized carbons (Fsp3) is 0.500. The van der Waals surface area contributed by atoms with E-state index in [0.29, 0.717) is 5.90 Å². The Morgan fingerprint density at radius 3 is 2.82 bits per heavy atom. The van der Waals surface area contributed by atoms with Gasteiger partial charge in [0.25, 0.3) is 5.91 Å². The van der Waals surface area contributed by atoms with E-state index in [0.717, 1.165) is 24.3 Å². The number of hydrogen-bond donors (Lipinski definition) is 2. The molecule has 22 heavy (non-hydrogen) atoms. The summed E-state index contributed by atoms with van der Waals surface area (Å²) in [5.41, 5.74) is 2.36. The number of rotatable bonds is 8. The maximum absolute atomic E-state index is 11.3. The highest BCUT2D eigenvalue weighted by Crippen LogP contribution is 2.17.